The summed E-state index contributed by atoms with van der Waals surface area (Å²) < 4.78 is 63.7. The first-order valence-corrected chi connectivity index (χ1v) is 10.8. The molecular weight excluding hydrogens is 445 g/mol. The molecule has 0 aliphatic rings. The van der Waals surface area contributed by atoms with E-state index in [9.17, 15) is 31.8 Å². The maximum atomic E-state index is 13.6. The molecule has 1 amide bonds. The predicted molar refractivity (Wildman–Crippen MR) is 114 cm³/mol. The second kappa shape index (κ2) is 9.68. The summed E-state index contributed by atoms with van der Waals surface area (Å²) >= 11 is -2.24. The zero-order chi connectivity index (χ0) is 23.5. The second-order valence-electron chi connectivity index (χ2n) is 7.08. The van der Waals surface area contributed by atoms with Gasteiger partial charge < -0.3 is 19.5 Å². The Hall–Kier alpha value is -2.95. The third-order valence-electron chi connectivity index (χ3n) is 4.90. The number of hydrogen-bond donors (Lipinski definition) is 2. The van der Waals surface area contributed by atoms with Gasteiger partial charge in [-0.15, -0.1) is 0 Å². The number of alkyl halides is 3. The fraction of sp³-hybridized carbons (Fsp3) is 0.227. The quantitative estimate of drug-likeness (QED) is 0.514. The van der Waals surface area contributed by atoms with Gasteiger partial charge in [0.25, 0.3) is 5.91 Å². The predicted octanol–water partition coefficient (Wildman–Crippen LogP) is 4.11. The van der Waals surface area contributed by atoms with Crippen molar-refractivity contribution >= 4 is 22.7 Å². The average Bonchev–Trinajstić information content (AvgIpc) is 3.04. The smallest absolute Gasteiger partial charge is 0.417 e. The first-order valence-electron chi connectivity index (χ1n) is 9.55. The van der Waals surface area contributed by atoms with Crippen LogP contribution in [0.25, 0.3) is 11.3 Å². The minimum absolute atomic E-state index is 0.0106. The number of rotatable bonds is 7. The lowest BCUT2D eigenvalue weighted by Crippen LogP contribution is -2.12. The van der Waals surface area contributed by atoms with E-state index in [1.807, 2.05) is 0 Å². The van der Waals surface area contributed by atoms with E-state index in [2.05, 4.69) is 5.32 Å². The molecule has 2 aromatic carbocycles. The van der Waals surface area contributed by atoms with Gasteiger partial charge in [-0.1, -0.05) is 41.4 Å². The van der Waals surface area contributed by atoms with Gasteiger partial charge in [0.1, 0.15) is 0 Å². The Labute approximate surface area is 185 Å². The lowest BCUT2D eigenvalue weighted by molar-refractivity contribution is -0.137. The molecule has 0 aliphatic carbocycles. The number of nitrogens with zero attached hydrogens (tertiary/aromatic N) is 1. The van der Waals surface area contributed by atoms with Crippen LogP contribution in [0.3, 0.4) is 0 Å². The summed E-state index contributed by atoms with van der Waals surface area (Å²) in [5.74, 6) is -0.690. The summed E-state index contributed by atoms with van der Waals surface area (Å²) in [5, 5.41) is 12.1. The minimum Gasteiger partial charge on any atom is -0.772 e. The number of benzene rings is 2. The Bertz CT molecular complexity index is 1140. The number of aliphatic hydroxyl groups excluding tert-OH is 1. The van der Waals surface area contributed by atoms with Crippen molar-refractivity contribution in [1.82, 2.24) is 4.57 Å². The van der Waals surface area contributed by atoms with Gasteiger partial charge in [-0.05, 0) is 36.2 Å². The van der Waals surface area contributed by atoms with Crippen molar-refractivity contribution in [3.05, 3.63) is 77.0 Å². The van der Waals surface area contributed by atoms with Crippen molar-refractivity contribution in [3.63, 3.8) is 0 Å². The molecule has 0 radical (unpaired) electrons. The molecule has 32 heavy (non-hydrogen) atoms. The topological polar surface area (TPSA) is 94.4 Å². The van der Waals surface area contributed by atoms with E-state index in [1.54, 1.807) is 31.2 Å². The van der Waals surface area contributed by atoms with Crippen molar-refractivity contribution in [2.75, 3.05) is 11.9 Å². The fourth-order valence-electron chi connectivity index (χ4n) is 3.49. The number of aromatic nitrogens is 1. The number of halogens is 3. The highest BCUT2D eigenvalue weighted by atomic mass is 32.2. The molecule has 0 saturated heterocycles. The van der Waals surface area contributed by atoms with Crippen molar-refractivity contribution in [2.24, 2.45) is 0 Å². The number of amides is 1. The Kier molecular flexibility index (Phi) is 7.17. The fourth-order valence-corrected chi connectivity index (χ4v) is 3.95. The van der Waals surface area contributed by atoms with Crippen LogP contribution in [0.2, 0.25) is 0 Å². The van der Waals surface area contributed by atoms with E-state index in [4.69, 9.17) is 0 Å². The minimum atomic E-state index is -4.59. The Morgan fingerprint density at radius 2 is 1.81 bits per heavy atom. The molecule has 0 fully saturated rings. The molecule has 1 heterocycles. The number of anilines is 1. The number of aliphatic hydroxyl groups is 1. The normalized spacial score (nSPS) is 12.6. The van der Waals surface area contributed by atoms with Crippen LogP contribution in [0.4, 0.5) is 18.9 Å². The van der Waals surface area contributed by atoms with Gasteiger partial charge in [-0.3, -0.25) is 9.00 Å². The van der Waals surface area contributed by atoms with E-state index in [-0.39, 0.29) is 35.7 Å². The first kappa shape index (κ1) is 23.7. The van der Waals surface area contributed by atoms with Crippen LogP contribution < -0.4 is 5.32 Å². The maximum Gasteiger partial charge on any atom is 0.417 e. The van der Waals surface area contributed by atoms with Crippen LogP contribution >= 0.6 is 0 Å². The number of nitrogens with one attached hydrogen (secondary N) is 1. The lowest BCUT2D eigenvalue weighted by atomic mass is 10.00. The Morgan fingerprint density at radius 3 is 2.41 bits per heavy atom. The van der Waals surface area contributed by atoms with Gasteiger partial charge in [0.2, 0.25) is 0 Å². The van der Waals surface area contributed by atoms with Crippen LogP contribution in [0.15, 0.2) is 54.7 Å². The van der Waals surface area contributed by atoms with Crippen LogP contribution in [0.1, 0.15) is 27.0 Å². The van der Waals surface area contributed by atoms with Crippen LogP contribution in [-0.4, -0.2) is 30.9 Å². The summed E-state index contributed by atoms with van der Waals surface area (Å²) in [7, 11) is 0. The van der Waals surface area contributed by atoms with Crippen LogP contribution in [-0.2, 0) is 29.6 Å². The van der Waals surface area contributed by atoms with E-state index in [1.165, 1.54) is 29.0 Å². The average molecular weight is 465 g/mol. The molecule has 170 valence electrons. The van der Waals surface area contributed by atoms with E-state index in [0.29, 0.717) is 16.8 Å². The molecule has 1 unspecified atom stereocenters. The lowest BCUT2D eigenvalue weighted by Gasteiger charge is -2.15. The molecule has 1 atom stereocenters. The number of hydrogen-bond acceptors (Lipinski definition) is 4. The summed E-state index contributed by atoms with van der Waals surface area (Å²) in [6, 6.07) is 11.3. The molecule has 2 N–H and O–H groups in total. The summed E-state index contributed by atoms with van der Waals surface area (Å²) in [6.07, 6.45) is -3.17. The van der Waals surface area contributed by atoms with E-state index in [0.717, 1.165) is 6.07 Å². The molecular formula is C22H20F3N2O4S-. The van der Waals surface area contributed by atoms with E-state index < -0.39 is 28.7 Å². The van der Waals surface area contributed by atoms with Crippen molar-refractivity contribution in [1.29, 1.82) is 0 Å². The third kappa shape index (κ3) is 5.26. The van der Waals surface area contributed by atoms with Gasteiger partial charge in [0.05, 0.1) is 23.4 Å². The van der Waals surface area contributed by atoms with Gasteiger partial charge in [-0.25, -0.2) is 0 Å². The third-order valence-corrected chi connectivity index (χ3v) is 5.47. The molecule has 0 saturated carbocycles. The highest BCUT2D eigenvalue weighted by Gasteiger charge is 2.35. The molecule has 10 heteroatoms. The number of carbonyl (C=O) groups excluding carboxylic acids is 1. The van der Waals surface area contributed by atoms with Gasteiger partial charge in [0, 0.05) is 29.7 Å². The van der Waals surface area contributed by atoms with Crippen LogP contribution in [0, 0.1) is 6.92 Å². The molecule has 0 aliphatic heterocycles. The standard InChI is InChI=1S/C22H21F3N2O4S/c1-14-18(21(29)26-16-8-6-15(7-9-16)13-32(30)31)12-27(10-11-28)20(14)17-4-2-3-5-19(17)22(23,24)25/h2-9,12,28H,10-11,13H2,1H3,(H,26,29)(H,30,31)/p-1. The van der Waals surface area contributed by atoms with Crippen LogP contribution in [0.5, 0.6) is 0 Å². The monoisotopic (exact) mass is 465 g/mol. The Balaban J connectivity index is 1.98. The zero-order valence-electron chi connectivity index (χ0n) is 17.0. The van der Waals surface area contributed by atoms with Gasteiger partial charge >= 0.3 is 6.18 Å². The van der Waals surface area contributed by atoms with Crippen molar-refractivity contribution in [2.45, 2.75) is 25.4 Å². The first-order chi connectivity index (χ1) is 15.1. The van der Waals surface area contributed by atoms with E-state index >= 15 is 0 Å². The summed E-state index contributed by atoms with van der Waals surface area (Å²) in [5.41, 5.74) is 0.736. The summed E-state index contributed by atoms with van der Waals surface area (Å²) in [4.78, 5) is 12.9. The highest BCUT2D eigenvalue weighted by Crippen LogP contribution is 2.39. The molecule has 0 bridgehead atoms. The van der Waals surface area contributed by atoms with Crippen molar-refractivity contribution < 1.29 is 31.8 Å². The zero-order valence-corrected chi connectivity index (χ0v) is 17.8. The molecule has 0 spiro atoms. The highest BCUT2D eigenvalue weighted by molar-refractivity contribution is 7.78. The maximum absolute atomic E-state index is 13.6. The van der Waals surface area contributed by atoms with Gasteiger partial charge in [0.15, 0.2) is 0 Å². The molecule has 3 aromatic rings. The number of carbonyl (C=O) groups is 1. The molecule has 1 aromatic heterocycles. The molecule has 6 nitrogen and oxygen atoms in total. The second-order valence-corrected chi connectivity index (χ2v) is 7.97. The Morgan fingerprint density at radius 1 is 1.16 bits per heavy atom. The SMILES string of the molecule is Cc1c(C(=O)Nc2ccc(CS(=O)[O-])cc2)cn(CCO)c1-c1ccccc1C(F)(F)F. The van der Waals surface area contributed by atoms with Crippen molar-refractivity contribution in [3.8, 4) is 11.3 Å². The molecule has 3 rings (SSSR count). The summed E-state index contributed by atoms with van der Waals surface area (Å²) in [6.45, 7) is 1.24. The van der Waals surface area contributed by atoms with Gasteiger partial charge in [-0.2, -0.15) is 13.2 Å². The largest absolute Gasteiger partial charge is 0.772 e.